The highest BCUT2D eigenvalue weighted by Crippen LogP contribution is 2.31. The van der Waals surface area contributed by atoms with Crippen LogP contribution in [0.4, 0.5) is 0 Å². The standard InChI is InChI=1S/C29H24NO2/c1-3-9-23(10-4-1)21-31-28-16-15-25(19-29(28)32-22-24-11-5-2-6-12-24)20-30-18-17-26-13-7-8-14-27(26)30/h1-16,18-19H,20-22H2. The van der Waals surface area contributed by atoms with Crippen molar-refractivity contribution in [3.8, 4) is 11.5 Å². The number of para-hydroxylation sites is 1. The minimum Gasteiger partial charge on any atom is -0.485 e. The molecule has 0 bridgehead atoms. The van der Waals surface area contributed by atoms with E-state index < -0.39 is 0 Å². The first-order valence-electron chi connectivity index (χ1n) is 10.8. The Morgan fingerprint density at radius 1 is 0.594 bits per heavy atom. The molecular weight excluding hydrogens is 394 g/mol. The van der Waals surface area contributed by atoms with Crippen molar-refractivity contribution in [3.05, 3.63) is 132 Å². The molecule has 0 spiro atoms. The third-order valence-electron chi connectivity index (χ3n) is 5.42. The van der Waals surface area contributed by atoms with E-state index in [9.17, 15) is 0 Å². The van der Waals surface area contributed by atoms with Gasteiger partial charge in [-0.3, -0.25) is 0 Å². The normalized spacial score (nSPS) is 10.9. The number of nitrogens with zero attached hydrogens (tertiary/aromatic N) is 1. The van der Waals surface area contributed by atoms with E-state index in [1.165, 1.54) is 5.52 Å². The molecule has 0 aliphatic heterocycles. The second kappa shape index (κ2) is 9.44. The average Bonchev–Trinajstić information content (AvgIpc) is 3.26. The molecule has 0 atom stereocenters. The minimum atomic E-state index is 0.492. The van der Waals surface area contributed by atoms with E-state index in [0.717, 1.165) is 40.1 Å². The molecular formula is C29H24NO2. The maximum atomic E-state index is 6.22. The molecule has 157 valence electrons. The maximum absolute atomic E-state index is 6.22. The number of fused-ring (bicyclic) bond motifs is 1. The van der Waals surface area contributed by atoms with Crippen molar-refractivity contribution in [2.45, 2.75) is 19.8 Å². The Morgan fingerprint density at radius 2 is 1.22 bits per heavy atom. The summed E-state index contributed by atoms with van der Waals surface area (Å²) in [5, 5.41) is 1.12. The topological polar surface area (TPSA) is 23.4 Å². The molecule has 4 aromatic carbocycles. The van der Waals surface area contributed by atoms with Crippen LogP contribution in [-0.4, -0.2) is 4.57 Å². The van der Waals surface area contributed by atoms with Gasteiger partial charge >= 0.3 is 0 Å². The van der Waals surface area contributed by atoms with E-state index in [0.29, 0.717) is 13.2 Å². The second-order valence-electron chi connectivity index (χ2n) is 7.75. The number of ether oxygens (including phenoxy) is 2. The van der Waals surface area contributed by atoms with Gasteiger partial charge in [-0.15, -0.1) is 0 Å². The molecule has 0 fully saturated rings. The highest BCUT2D eigenvalue weighted by molar-refractivity contribution is 5.79. The molecule has 1 radical (unpaired) electrons. The number of hydrogen-bond acceptors (Lipinski definition) is 2. The van der Waals surface area contributed by atoms with Crippen molar-refractivity contribution in [1.82, 2.24) is 4.57 Å². The molecule has 0 N–H and O–H groups in total. The van der Waals surface area contributed by atoms with E-state index in [1.54, 1.807) is 0 Å². The van der Waals surface area contributed by atoms with Crippen molar-refractivity contribution in [2.75, 3.05) is 0 Å². The van der Waals surface area contributed by atoms with Gasteiger partial charge in [-0.25, -0.2) is 0 Å². The van der Waals surface area contributed by atoms with Gasteiger partial charge in [-0.2, -0.15) is 0 Å². The molecule has 5 rings (SSSR count). The Balaban J connectivity index is 1.39. The van der Waals surface area contributed by atoms with Crippen molar-refractivity contribution >= 4 is 10.9 Å². The first-order valence-corrected chi connectivity index (χ1v) is 10.8. The van der Waals surface area contributed by atoms with Gasteiger partial charge in [0.25, 0.3) is 0 Å². The summed E-state index contributed by atoms with van der Waals surface area (Å²) in [5.74, 6) is 1.50. The van der Waals surface area contributed by atoms with Crippen molar-refractivity contribution in [1.29, 1.82) is 0 Å². The molecule has 0 saturated carbocycles. The molecule has 1 heterocycles. The largest absolute Gasteiger partial charge is 0.485 e. The fraction of sp³-hybridized carbons (Fsp3) is 0.103. The Bertz CT molecular complexity index is 1290. The molecule has 3 heteroatoms. The van der Waals surface area contributed by atoms with E-state index in [-0.39, 0.29) is 0 Å². The lowest BCUT2D eigenvalue weighted by Gasteiger charge is -2.15. The summed E-state index contributed by atoms with van der Waals surface area (Å²) in [5.41, 5.74) is 4.57. The van der Waals surface area contributed by atoms with Crippen LogP contribution in [0.1, 0.15) is 16.7 Å². The molecule has 0 aliphatic carbocycles. The molecule has 0 amide bonds. The van der Waals surface area contributed by atoms with Crippen LogP contribution in [0.3, 0.4) is 0 Å². The Kier molecular flexibility index (Phi) is 5.89. The fourth-order valence-corrected chi connectivity index (χ4v) is 3.74. The summed E-state index contributed by atoms with van der Waals surface area (Å²) in [7, 11) is 0. The predicted molar refractivity (Wildman–Crippen MR) is 128 cm³/mol. The Labute approximate surface area is 188 Å². The maximum Gasteiger partial charge on any atom is 0.162 e. The van der Waals surface area contributed by atoms with Gasteiger partial charge in [0.15, 0.2) is 11.5 Å². The van der Waals surface area contributed by atoms with Crippen LogP contribution in [-0.2, 0) is 19.8 Å². The summed E-state index contributed by atoms with van der Waals surface area (Å²) < 4.78 is 14.6. The van der Waals surface area contributed by atoms with Crippen LogP contribution in [0.5, 0.6) is 11.5 Å². The monoisotopic (exact) mass is 418 g/mol. The number of rotatable bonds is 8. The van der Waals surface area contributed by atoms with Crippen molar-refractivity contribution in [3.63, 3.8) is 0 Å². The summed E-state index contributed by atoms with van der Waals surface area (Å²) in [6.07, 6.45) is 2.01. The first-order chi connectivity index (χ1) is 15.8. The van der Waals surface area contributed by atoms with Crippen molar-refractivity contribution < 1.29 is 9.47 Å². The van der Waals surface area contributed by atoms with E-state index in [1.807, 2.05) is 54.7 Å². The third kappa shape index (κ3) is 4.68. The SMILES string of the molecule is [c]1cn(Cc2ccc(OCc3ccccc3)c(OCc3ccccc3)c2)c2ccccc12. The van der Waals surface area contributed by atoms with Crippen LogP contribution < -0.4 is 9.47 Å². The van der Waals surface area contributed by atoms with E-state index >= 15 is 0 Å². The fourth-order valence-electron chi connectivity index (χ4n) is 3.74. The zero-order valence-electron chi connectivity index (χ0n) is 17.8. The molecule has 1 aromatic heterocycles. The summed E-state index contributed by atoms with van der Waals surface area (Å²) in [6.45, 7) is 1.73. The van der Waals surface area contributed by atoms with E-state index in [2.05, 4.69) is 65.2 Å². The highest BCUT2D eigenvalue weighted by atomic mass is 16.5. The molecule has 3 nitrogen and oxygen atoms in total. The predicted octanol–water partition coefficient (Wildman–Crippen LogP) is 6.65. The van der Waals surface area contributed by atoms with Gasteiger partial charge in [-0.1, -0.05) is 84.9 Å². The van der Waals surface area contributed by atoms with Crippen LogP contribution in [0.15, 0.2) is 109 Å². The van der Waals surface area contributed by atoms with Crippen LogP contribution in [0.2, 0.25) is 0 Å². The summed E-state index contributed by atoms with van der Waals surface area (Å²) in [4.78, 5) is 0. The summed E-state index contributed by atoms with van der Waals surface area (Å²) in [6, 6.07) is 38.2. The zero-order chi connectivity index (χ0) is 21.6. The van der Waals surface area contributed by atoms with Crippen LogP contribution in [0, 0.1) is 6.07 Å². The zero-order valence-corrected chi connectivity index (χ0v) is 17.8. The lowest BCUT2D eigenvalue weighted by molar-refractivity contribution is 0.255. The van der Waals surface area contributed by atoms with Gasteiger partial charge < -0.3 is 14.0 Å². The molecule has 0 unspecified atom stereocenters. The Hall–Kier alpha value is -3.98. The lowest BCUT2D eigenvalue weighted by Crippen LogP contribution is -2.03. The highest BCUT2D eigenvalue weighted by Gasteiger charge is 2.10. The number of aromatic nitrogens is 1. The molecule has 0 aliphatic rings. The Morgan fingerprint density at radius 3 is 1.94 bits per heavy atom. The molecule has 0 saturated heterocycles. The van der Waals surface area contributed by atoms with Gasteiger partial charge in [0, 0.05) is 29.7 Å². The minimum absolute atomic E-state index is 0.492. The van der Waals surface area contributed by atoms with Gasteiger partial charge in [0.05, 0.1) is 0 Å². The molecule has 5 aromatic rings. The number of benzene rings is 4. The second-order valence-corrected chi connectivity index (χ2v) is 7.75. The van der Waals surface area contributed by atoms with Gasteiger partial charge in [-0.05, 0) is 34.9 Å². The summed E-state index contributed by atoms with van der Waals surface area (Å²) >= 11 is 0. The van der Waals surface area contributed by atoms with E-state index in [4.69, 9.17) is 9.47 Å². The average molecular weight is 419 g/mol. The number of hydrogen-bond donors (Lipinski definition) is 0. The van der Waals surface area contributed by atoms with Gasteiger partial charge in [0.1, 0.15) is 13.2 Å². The van der Waals surface area contributed by atoms with Gasteiger partial charge in [0.2, 0.25) is 0 Å². The van der Waals surface area contributed by atoms with Crippen LogP contribution >= 0.6 is 0 Å². The smallest absolute Gasteiger partial charge is 0.162 e. The van der Waals surface area contributed by atoms with Crippen molar-refractivity contribution in [2.24, 2.45) is 0 Å². The van der Waals surface area contributed by atoms with Crippen LogP contribution in [0.25, 0.3) is 10.9 Å². The molecule has 32 heavy (non-hydrogen) atoms. The lowest BCUT2D eigenvalue weighted by atomic mass is 10.2. The third-order valence-corrected chi connectivity index (χ3v) is 5.42. The first kappa shape index (κ1) is 20.0. The quantitative estimate of drug-likeness (QED) is 0.282.